The van der Waals surface area contributed by atoms with Crippen LogP contribution in [0, 0.1) is 0 Å². The smallest absolute Gasteiger partial charge is 0.242 e. The van der Waals surface area contributed by atoms with Gasteiger partial charge in [0.05, 0.1) is 5.02 Å². The molecule has 3 rings (SSSR count). The maximum atomic E-state index is 12.4. The molecule has 2 aromatic heterocycles. The average Bonchev–Trinajstić information content (AvgIpc) is 3.26. The highest BCUT2D eigenvalue weighted by Crippen LogP contribution is 2.31. The van der Waals surface area contributed by atoms with Gasteiger partial charge in [-0.3, -0.25) is 0 Å². The minimum Gasteiger partial charge on any atom is -0.382 e. The summed E-state index contributed by atoms with van der Waals surface area (Å²) in [6.45, 7) is 0.104. The van der Waals surface area contributed by atoms with Crippen molar-refractivity contribution in [1.29, 1.82) is 0 Å². The highest BCUT2D eigenvalue weighted by atomic mass is 35.5. The van der Waals surface area contributed by atoms with Crippen molar-refractivity contribution in [3.8, 4) is 0 Å². The molecule has 0 spiro atoms. The molecule has 2 N–H and O–H groups in total. The summed E-state index contributed by atoms with van der Waals surface area (Å²) in [6, 6.07) is 11.6. The minimum atomic E-state index is -3.79. The summed E-state index contributed by atoms with van der Waals surface area (Å²) < 4.78 is 27.3. The molecule has 1 unspecified atom stereocenters. The Kier molecular flexibility index (Phi) is 5.85. The number of thiophene rings is 2. The third-order valence-corrected chi connectivity index (χ3v) is 7.56. The van der Waals surface area contributed by atoms with E-state index in [1.807, 2.05) is 17.5 Å². The van der Waals surface area contributed by atoms with Crippen molar-refractivity contribution in [3.63, 3.8) is 0 Å². The SMILES string of the molecule is O=S(=O)(NCc1ccc(C(O)c2cccs2)s1)c1cc(Cl)ccc1Cl. The molecule has 0 saturated carbocycles. The largest absolute Gasteiger partial charge is 0.382 e. The Hall–Kier alpha value is -0.930. The molecule has 2 heterocycles. The van der Waals surface area contributed by atoms with Gasteiger partial charge in [0, 0.05) is 26.2 Å². The Balaban J connectivity index is 1.72. The van der Waals surface area contributed by atoms with Crippen LogP contribution in [-0.2, 0) is 16.6 Å². The summed E-state index contributed by atoms with van der Waals surface area (Å²) >= 11 is 14.6. The van der Waals surface area contributed by atoms with Crippen molar-refractivity contribution in [2.75, 3.05) is 0 Å². The lowest BCUT2D eigenvalue weighted by Gasteiger charge is -2.08. The molecule has 0 saturated heterocycles. The van der Waals surface area contributed by atoms with Gasteiger partial charge in [0.2, 0.25) is 10.0 Å². The van der Waals surface area contributed by atoms with Crippen LogP contribution in [0.15, 0.2) is 52.7 Å². The summed E-state index contributed by atoms with van der Waals surface area (Å²) in [5.74, 6) is 0. The zero-order valence-electron chi connectivity index (χ0n) is 12.6. The molecule has 25 heavy (non-hydrogen) atoms. The fraction of sp³-hybridized carbons (Fsp3) is 0.125. The standard InChI is InChI=1S/C16H13Cl2NO3S3/c17-10-3-5-12(18)15(8-10)25(21,22)19-9-11-4-6-14(24-11)16(20)13-2-1-7-23-13/h1-8,16,19-20H,9H2. The number of sulfonamides is 1. The molecular weight excluding hydrogens is 421 g/mol. The van der Waals surface area contributed by atoms with Crippen LogP contribution in [0.5, 0.6) is 0 Å². The number of aliphatic hydroxyl groups is 1. The van der Waals surface area contributed by atoms with Crippen LogP contribution in [0.2, 0.25) is 10.0 Å². The number of aliphatic hydroxyl groups excluding tert-OH is 1. The van der Waals surface area contributed by atoms with E-state index in [1.54, 1.807) is 12.1 Å². The Labute approximate surface area is 163 Å². The molecule has 1 aromatic carbocycles. The third-order valence-electron chi connectivity index (χ3n) is 3.38. The van der Waals surface area contributed by atoms with Gasteiger partial charge in [-0.25, -0.2) is 13.1 Å². The molecule has 9 heteroatoms. The first kappa shape index (κ1) is 18.8. The van der Waals surface area contributed by atoms with E-state index in [4.69, 9.17) is 23.2 Å². The first-order valence-electron chi connectivity index (χ1n) is 7.11. The Morgan fingerprint density at radius 3 is 2.64 bits per heavy atom. The quantitative estimate of drug-likeness (QED) is 0.592. The molecule has 0 fully saturated rings. The predicted molar refractivity (Wildman–Crippen MR) is 103 cm³/mol. The van der Waals surface area contributed by atoms with E-state index in [9.17, 15) is 13.5 Å². The number of benzene rings is 1. The number of hydrogen-bond acceptors (Lipinski definition) is 5. The van der Waals surface area contributed by atoms with Gasteiger partial charge in [0.1, 0.15) is 11.0 Å². The predicted octanol–water partition coefficient (Wildman–Crippen LogP) is 4.68. The maximum Gasteiger partial charge on any atom is 0.242 e. The van der Waals surface area contributed by atoms with Gasteiger partial charge < -0.3 is 5.11 Å². The topological polar surface area (TPSA) is 66.4 Å². The van der Waals surface area contributed by atoms with E-state index in [0.717, 1.165) is 14.6 Å². The van der Waals surface area contributed by atoms with Crippen LogP contribution in [0.25, 0.3) is 0 Å². The molecule has 4 nitrogen and oxygen atoms in total. The van der Waals surface area contributed by atoms with Gasteiger partial charge in [-0.15, -0.1) is 22.7 Å². The second-order valence-corrected chi connectivity index (χ2v) is 9.88. The third kappa shape index (κ3) is 4.43. The van der Waals surface area contributed by atoms with E-state index >= 15 is 0 Å². The van der Waals surface area contributed by atoms with E-state index in [2.05, 4.69) is 4.72 Å². The van der Waals surface area contributed by atoms with E-state index in [0.29, 0.717) is 5.02 Å². The van der Waals surface area contributed by atoms with E-state index in [-0.39, 0.29) is 16.5 Å². The van der Waals surface area contributed by atoms with E-state index in [1.165, 1.54) is 40.9 Å². The molecule has 3 aromatic rings. The second-order valence-electron chi connectivity index (χ2n) is 5.12. The van der Waals surface area contributed by atoms with Crippen molar-refractivity contribution >= 4 is 55.9 Å². The van der Waals surface area contributed by atoms with Crippen molar-refractivity contribution in [3.05, 3.63) is 72.5 Å². The first-order chi connectivity index (χ1) is 11.9. The Bertz CT molecular complexity index is 968. The van der Waals surface area contributed by atoms with E-state index < -0.39 is 16.1 Å². The van der Waals surface area contributed by atoms with Gasteiger partial charge in [-0.05, 0) is 41.8 Å². The number of nitrogens with one attached hydrogen (secondary N) is 1. The lowest BCUT2D eigenvalue weighted by atomic mass is 10.2. The zero-order chi connectivity index (χ0) is 18.0. The summed E-state index contributed by atoms with van der Waals surface area (Å²) in [5, 5.41) is 12.6. The van der Waals surface area contributed by atoms with Crippen molar-refractivity contribution < 1.29 is 13.5 Å². The molecule has 132 valence electrons. The highest BCUT2D eigenvalue weighted by Gasteiger charge is 2.19. The molecule has 0 aliphatic heterocycles. The molecule has 0 radical (unpaired) electrons. The lowest BCUT2D eigenvalue weighted by Crippen LogP contribution is -2.23. The molecule has 0 amide bonds. The minimum absolute atomic E-state index is 0.0583. The monoisotopic (exact) mass is 433 g/mol. The fourth-order valence-corrected chi connectivity index (χ4v) is 5.77. The van der Waals surface area contributed by atoms with Crippen LogP contribution >= 0.6 is 45.9 Å². The van der Waals surface area contributed by atoms with Crippen LogP contribution in [-0.4, -0.2) is 13.5 Å². The fourth-order valence-electron chi connectivity index (χ4n) is 2.15. The Morgan fingerprint density at radius 1 is 1.12 bits per heavy atom. The van der Waals surface area contributed by atoms with Crippen LogP contribution in [0.4, 0.5) is 0 Å². The molecule has 0 aliphatic rings. The van der Waals surface area contributed by atoms with Gasteiger partial charge in [0.25, 0.3) is 0 Å². The molecule has 1 atom stereocenters. The zero-order valence-corrected chi connectivity index (χ0v) is 16.6. The Morgan fingerprint density at radius 2 is 1.92 bits per heavy atom. The molecule has 0 bridgehead atoms. The van der Waals surface area contributed by atoms with Gasteiger partial charge >= 0.3 is 0 Å². The van der Waals surface area contributed by atoms with Gasteiger partial charge in [0.15, 0.2) is 0 Å². The van der Waals surface area contributed by atoms with Crippen molar-refractivity contribution in [2.45, 2.75) is 17.5 Å². The van der Waals surface area contributed by atoms with Gasteiger partial charge in [-0.2, -0.15) is 0 Å². The number of hydrogen-bond donors (Lipinski definition) is 2. The summed E-state index contributed by atoms with van der Waals surface area (Å²) in [5.41, 5.74) is 0. The molecule has 0 aliphatic carbocycles. The highest BCUT2D eigenvalue weighted by molar-refractivity contribution is 7.89. The van der Waals surface area contributed by atoms with Crippen molar-refractivity contribution in [2.24, 2.45) is 0 Å². The van der Waals surface area contributed by atoms with Crippen LogP contribution in [0.1, 0.15) is 20.7 Å². The lowest BCUT2D eigenvalue weighted by molar-refractivity contribution is 0.228. The number of halogens is 2. The second kappa shape index (κ2) is 7.75. The summed E-state index contributed by atoms with van der Waals surface area (Å²) in [6.07, 6.45) is -0.697. The van der Waals surface area contributed by atoms with Crippen molar-refractivity contribution in [1.82, 2.24) is 4.72 Å². The molecular formula is C16H13Cl2NO3S3. The number of rotatable bonds is 6. The first-order valence-corrected chi connectivity index (χ1v) is 11.0. The van der Waals surface area contributed by atoms with Gasteiger partial charge in [-0.1, -0.05) is 29.3 Å². The summed E-state index contributed by atoms with van der Waals surface area (Å²) in [4.78, 5) is 2.33. The summed E-state index contributed by atoms with van der Waals surface area (Å²) in [7, 11) is -3.79. The normalized spacial score (nSPS) is 13.1. The van der Waals surface area contributed by atoms with Crippen LogP contribution in [0.3, 0.4) is 0 Å². The van der Waals surface area contributed by atoms with Crippen LogP contribution < -0.4 is 4.72 Å². The average molecular weight is 434 g/mol. The maximum absolute atomic E-state index is 12.4.